The number of thiophene rings is 1. The van der Waals surface area contributed by atoms with Crippen LogP contribution in [0.5, 0.6) is 0 Å². The van der Waals surface area contributed by atoms with Gasteiger partial charge >= 0.3 is 0 Å². The summed E-state index contributed by atoms with van der Waals surface area (Å²) >= 11 is 2.20. The van der Waals surface area contributed by atoms with E-state index >= 15 is 0 Å². The first-order valence-electron chi connectivity index (χ1n) is 29.9. The molecule has 0 saturated heterocycles. The molecule has 4 heteroatoms. The first-order chi connectivity index (χ1) is 35.8. The highest BCUT2D eigenvalue weighted by Gasteiger charge is 2.57. The van der Waals surface area contributed by atoms with Crippen molar-refractivity contribution in [1.82, 2.24) is 0 Å². The van der Waals surface area contributed by atoms with E-state index in [1.54, 1.807) is 37.5 Å². The van der Waals surface area contributed by atoms with Crippen molar-refractivity contribution in [1.29, 1.82) is 0 Å². The Balaban J connectivity index is 1.17. The van der Waals surface area contributed by atoms with Crippen molar-refractivity contribution in [3.63, 3.8) is 0 Å². The minimum absolute atomic E-state index is 0.0145. The fourth-order valence-corrected chi connectivity index (χ4v) is 18.2. The van der Waals surface area contributed by atoms with Gasteiger partial charge in [-0.1, -0.05) is 173 Å². The molecule has 3 aliphatic heterocycles. The third-order valence-electron chi connectivity index (χ3n) is 22.2. The van der Waals surface area contributed by atoms with Crippen LogP contribution >= 0.6 is 11.3 Å². The lowest BCUT2D eigenvalue weighted by molar-refractivity contribution is 0.328. The zero-order chi connectivity index (χ0) is 54.5. The largest absolute Gasteiger partial charge is 0.311 e. The second-order valence-corrected chi connectivity index (χ2v) is 32.7. The van der Waals surface area contributed by atoms with Crippen molar-refractivity contribution in [2.45, 2.75) is 225 Å². The molecule has 1 atom stereocenters. The van der Waals surface area contributed by atoms with E-state index in [0.717, 1.165) is 6.42 Å². The van der Waals surface area contributed by atoms with Crippen LogP contribution in [-0.4, -0.2) is 6.71 Å². The number of rotatable bonds is 2. The van der Waals surface area contributed by atoms with Crippen LogP contribution in [0.3, 0.4) is 0 Å². The summed E-state index contributed by atoms with van der Waals surface area (Å²) in [6, 6.07) is 38.1. The third-order valence-corrected chi connectivity index (χ3v) is 23.8. The van der Waals surface area contributed by atoms with Crippen molar-refractivity contribution >= 4 is 78.6 Å². The van der Waals surface area contributed by atoms with Crippen LogP contribution in [0.15, 0.2) is 91.0 Å². The molecule has 0 bridgehead atoms. The van der Waals surface area contributed by atoms with Gasteiger partial charge in [-0.25, -0.2) is 0 Å². The van der Waals surface area contributed by atoms with E-state index in [9.17, 15) is 0 Å². The van der Waals surface area contributed by atoms with Crippen LogP contribution in [0, 0.1) is 0 Å². The van der Waals surface area contributed by atoms with Crippen LogP contribution in [-0.2, 0) is 48.7 Å². The summed E-state index contributed by atoms with van der Waals surface area (Å²) in [4.78, 5) is 7.37. The lowest BCUT2D eigenvalue weighted by atomic mass is 9.35. The number of hydrogen-bond donors (Lipinski definition) is 0. The van der Waals surface area contributed by atoms with E-state index in [4.69, 9.17) is 0 Å². The van der Waals surface area contributed by atoms with E-state index in [0.29, 0.717) is 0 Å². The maximum absolute atomic E-state index is 2.89. The lowest BCUT2D eigenvalue weighted by Gasteiger charge is -2.53. The van der Waals surface area contributed by atoms with E-state index < -0.39 is 0 Å². The smallest absolute Gasteiger partial charge is 0.264 e. The van der Waals surface area contributed by atoms with Crippen molar-refractivity contribution in [3.05, 3.63) is 146 Å². The molecule has 7 aliphatic rings. The van der Waals surface area contributed by atoms with E-state index in [-0.39, 0.29) is 55.4 Å². The van der Waals surface area contributed by atoms with E-state index in [1.165, 1.54) is 134 Å². The molecule has 0 N–H and O–H groups in total. The van der Waals surface area contributed by atoms with Gasteiger partial charge in [0, 0.05) is 43.3 Å². The zero-order valence-electron chi connectivity index (χ0n) is 50.2. The molecule has 4 aliphatic carbocycles. The summed E-state index contributed by atoms with van der Waals surface area (Å²) in [5.41, 5.74) is 27.9. The van der Waals surface area contributed by atoms with Gasteiger partial charge in [-0.2, -0.15) is 11.3 Å². The number of anilines is 6. The lowest BCUT2D eigenvalue weighted by Crippen LogP contribution is -2.61. The maximum Gasteiger partial charge on any atom is 0.264 e. The van der Waals surface area contributed by atoms with Gasteiger partial charge in [0.05, 0.1) is 17.1 Å². The number of benzene rings is 6. The molecule has 7 aromatic rings. The summed E-state index contributed by atoms with van der Waals surface area (Å²) in [6.45, 7) is 45.6. The summed E-state index contributed by atoms with van der Waals surface area (Å²) in [7, 11) is 0. The number of hydrogen-bond acceptors (Lipinski definition) is 3. The zero-order valence-corrected chi connectivity index (χ0v) is 51.0. The van der Waals surface area contributed by atoms with Crippen LogP contribution in [0.1, 0.15) is 231 Å². The third kappa shape index (κ3) is 6.78. The Morgan fingerprint density at radius 2 is 0.909 bits per heavy atom. The Bertz CT molecular complexity index is 3770. The molecule has 77 heavy (non-hydrogen) atoms. The highest BCUT2D eigenvalue weighted by molar-refractivity contribution is 7.29. The predicted molar refractivity (Wildman–Crippen MR) is 335 cm³/mol. The molecule has 1 unspecified atom stereocenters. The Morgan fingerprint density at radius 1 is 0.429 bits per heavy atom. The molecular formula is C73H85BN2S. The molecule has 6 aromatic carbocycles. The fourth-order valence-electron chi connectivity index (χ4n) is 16.5. The van der Waals surface area contributed by atoms with Gasteiger partial charge in [-0.15, -0.1) is 0 Å². The molecule has 0 fully saturated rings. The Labute approximate surface area is 467 Å². The first-order valence-corrected chi connectivity index (χ1v) is 30.7. The number of nitrogens with zero attached hydrogens (tertiary/aromatic N) is 2. The molecule has 0 amide bonds. The van der Waals surface area contributed by atoms with Gasteiger partial charge < -0.3 is 9.80 Å². The van der Waals surface area contributed by atoms with Gasteiger partial charge in [-0.3, -0.25) is 0 Å². The summed E-state index contributed by atoms with van der Waals surface area (Å²) in [6.07, 6.45) is 9.46. The Kier molecular flexibility index (Phi) is 9.93. The second kappa shape index (κ2) is 15.2. The standard InChI is InChI=1S/C73H85BN2S/c1-65(2,3)45-34-58-61-59(35-45)76-56-40-51-48(67(6,7)26-29-70(51,12)13)37-53(56)73(18)32-31-72(16,17)63-60(73)62(76)64(77-63)74(61)54-38-49-52(71(14,15)30-27-68(49,8)9)41-57(54)75(58)55-39-50-47(66(4,5)25-28-69(50,10)11)36-46(55)44-24-23-42-21-19-20-22-43(42)33-44/h19-24,33-41H,25-32H2,1-18H3. The van der Waals surface area contributed by atoms with Crippen molar-refractivity contribution in [2.24, 2.45) is 0 Å². The van der Waals surface area contributed by atoms with E-state index in [2.05, 4.69) is 237 Å². The molecule has 2 nitrogen and oxygen atoms in total. The van der Waals surface area contributed by atoms with Crippen LogP contribution < -0.4 is 25.5 Å². The Hall–Kier alpha value is -5.06. The summed E-state index contributed by atoms with van der Waals surface area (Å²) in [5, 5.41) is 2.58. The van der Waals surface area contributed by atoms with Crippen molar-refractivity contribution in [2.75, 3.05) is 9.80 Å². The van der Waals surface area contributed by atoms with Gasteiger partial charge in [0.2, 0.25) is 0 Å². The minimum atomic E-state index is -0.122. The summed E-state index contributed by atoms with van der Waals surface area (Å²) < 4.78 is 1.56. The van der Waals surface area contributed by atoms with E-state index in [1.807, 2.05) is 0 Å². The normalized spacial score (nSPS) is 23.5. The SMILES string of the molecule is CC(C)(C)c1cc2c3c(c1)N1c4cc5c(cc4C4(C)CCC(C)(C)c6sc(c1c64)B3c1cc3c(cc1N2c1cc2c(cc1-c1ccc4ccccc4c1)C(C)(C)CCC2(C)C)C(C)(C)CCC3(C)C)C(C)(C)CCC5(C)C. The van der Waals surface area contributed by atoms with Gasteiger partial charge in [0.25, 0.3) is 6.71 Å². The first kappa shape index (κ1) is 50.2. The van der Waals surface area contributed by atoms with Crippen LogP contribution in [0.2, 0.25) is 0 Å². The van der Waals surface area contributed by atoms with Gasteiger partial charge in [0.1, 0.15) is 0 Å². The van der Waals surface area contributed by atoms with Crippen molar-refractivity contribution < 1.29 is 0 Å². The van der Waals surface area contributed by atoms with Crippen molar-refractivity contribution in [3.8, 4) is 11.1 Å². The topological polar surface area (TPSA) is 6.48 Å². The minimum Gasteiger partial charge on any atom is -0.311 e. The van der Waals surface area contributed by atoms with Crippen LogP contribution in [0.25, 0.3) is 21.9 Å². The molecule has 1 aromatic heterocycles. The quantitative estimate of drug-likeness (QED) is 0.159. The highest BCUT2D eigenvalue weighted by Crippen LogP contribution is 2.65. The average molecular weight is 1030 g/mol. The van der Waals surface area contributed by atoms with Crippen LogP contribution in [0.4, 0.5) is 34.1 Å². The molecule has 0 saturated carbocycles. The summed E-state index contributed by atoms with van der Waals surface area (Å²) in [5.74, 6) is 0. The fraction of sp³-hybridized carbons (Fsp3) is 0.479. The number of fused-ring (bicyclic) bond motifs is 11. The molecule has 396 valence electrons. The predicted octanol–water partition coefficient (Wildman–Crippen LogP) is 18.7. The average Bonchev–Trinajstić information content (AvgIpc) is 3.36. The molecule has 14 rings (SSSR count). The van der Waals surface area contributed by atoms with Gasteiger partial charge in [-0.05, 0) is 209 Å². The molecule has 0 radical (unpaired) electrons. The molecule has 4 heterocycles. The molecule has 0 spiro atoms. The second-order valence-electron chi connectivity index (χ2n) is 31.7. The monoisotopic (exact) mass is 1030 g/mol. The highest BCUT2D eigenvalue weighted by atomic mass is 32.1. The maximum atomic E-state index is 2.89. The Morgan fingerprint density at radius 3 is 1.48 bits per heavy atom. The van der Waals surface area contributed by atoms with Gasteiger partial charge in [0.15, 0.2) is 0 Å². The molecular weight excluding hydrogens is 948 g/mol.